The van der Waals surface area contributed by atoms with Gasteiger partial charge in [0.05, 0.1) is 21.6 Å². The maximum absolute atomic E-state index is 11.2. The first-order valence-corrected chi connectivity index (χ1v) is 9.11. The van der Waals surface area contributed by atoms with Gasteiger partial charge >= 0.3 is 5.69 Å². The van der Waals surface area contributed by atoms with Crippen LogP contribution in [0.4, 0.5) is 17.1 Å². The highest BCUT2D eigenvalue weighted by Crippen LogP contribution is 2.42. The van der Waals surface area contributed by atoms with E-state index in [1.54, 1.807) is 0 Å². The monoisotopic (exact) mass is 386 g/mol. The fourth-order valence-corrected chi connectivity index (χ4v) is 3.41. The summed E-state index contributed by atoms with van der Waals surface area (Å²) < 4.78 is 0. The van der Waals surface area contributed by atoms with Crippen LogP contribution in [-0.4, -0.2) is 15.6 Å². The molecular formula is C20H26N4O4. The minimum Gasteiger partial charge on any atom is -0.271 e. The summed E-state index contributed by atoms with van der Waals surface area (Å²) in [4.78, 5) is 20.7. The molecule has 1 aliphatic carbocycles. The lowest BCUT2D eigenvalue weighted by Crippen LogP contribution is -2.27. The molecular weight excluding hydrogens is 360 g/mol. The standard InChI is InChI=1S/C20H26N4O4/c1-13-7-6-10-20(4,5)17(13)11-14(2)15(3)21-22-18-9-8-16(23(25)26)12-19(18)24(27)28/h7-9,11-12,17,22H,6,10H2,1-5H3/b14-11+,21-15+. The van der Waals surface area contributed by atoms with Gasteiger partial charge in [0.25, 0.3) is 5.69 Å². The lowest BCUT2D eigenvalue weighted by Gasteiger charge is -2.37. The molecule has 1 atom stereocenters. The second-order valence-corrected chi connectivity index (χ2v) is 7.83. The van der Waals surface area contributed by atoms with E-state index in [1.165, 1.54) is 17.7 Å². The average Bonchev–Trinajstić information content (AvgIpc) is 2.62. The van der Waals surface area contributed by atoms with Gasteiger partial charge in [-0.25, -0.2) is 0 Å². The predicted octanol–water partition coefficient (Wildman–Crippen LogP) is 5.62. The number of hydrazone groups is 1. The Bertz CT molecular complexity index is 884. The van der Waals surface area contributed by atoms with Crippen LogP contribution in [0.5, 0.6) is 0 Å². The minimum atomic E-state index is -0.667. The van der Waals surface area contributed by atoms with E-state index in [0.29, 0.717) is 11.6 Å². The van der Waals surface area contributed by atoms with Crippen molar-refractivity contribution in [2.45, 2.75) is 47.5 Å². The number of benzene rings is 1. The SMILES string of the molecule is CC1=CCCC(C)(C)C1/C=C(C)/C(C)=N/Nc1ccc([N+](=O)[O-])cc1[N+](=O)[O-]. The van der Waals surface area contributed by atoms with E-state index in [4.69, 9.17) is 0 Å². The van der Waals surface area contributed by atoms with Gasteiger partial charge in [-0.15, -0.1) is 0 Å². The first kappa shape index (κ1) is 21.3. The zero-order valence-corrected chi connectivity index (χ0v) is 16.9. The van der Waals surface area contributed by atoms with Crippen LogP contribution in [0, 0.1) is 31.6 Å². The molecule has 0 fully saturated rings. The van der Waals surface area contributed by atoms with Gasteiger partial charge in [-0.3, -0.25) is 25.7 Å². The largest absolute Gasteiger partial charge is 0.301 e. The van der Waals surface area contributed by atoms with Crippen LogP contribution in [0.2, 0.25) is 0 Å². The number of allylic oxidation sites excluding steroid dienone is 4. The topological polar surface area (TPSA) is 111 Å². The molecule has 1 aromatic rings. The zero-order chi connectivity index (χ0) is 21.1. The molecule has 0 saturated heterocycles. The smallest absolute Gasteiger partial charge is 0.271 e. The molecule has 8 nitrogen and oxygen atoms in total. The summed E-state index contributed by atoms with van der Waals surface area (Å²) >= 11 is 0. The number of hydrogen-bond donors (Lipinski definition) is 1. The molecule has 2 rings (SSSR count). The minimum absolute atomic E-state index is 0.108. The molecule has 8 heteroatoms. The van der Waals surface area contributed by atoms with E-state index in [1.807, 2.05) is 13.8 Å². The van der Waals surface area contributed by atoms with Crippen molar-refractivity contribution >= 4 is 22.8 Å². The van der Waals surface area contributed by atoms with E-state index < -0.39 is 9.85 Å². The van der Waals surface area contributed by atoms with Crippen molar-refractivity contribution in [3.63, 3.8) is 0 Å². The van der Waals surface area contributed by atoms with Crippen molar-refractivity contribution in [1.82, 2.24) is 0 Å². The zero-order valence-electron chi connectivity index (χ0n) is 16.9. The third kappa shape index (κ3) is 4.82. The second-order valence-electron chi connectivity index (χ2n) is 7.83. The molecule has 0 aromatic heterocycles. The maximum Gasteiger partial charge on any atom is 0.301 e. The number of hydrogen-bond acceptors (Lipinski definition) is 6. The molecule has 1 N–H and O–H groups in total. The van der Waals surface area contributed by atoms with Gasteiger partial charge < -0.3 is 0 Å². The highest BCUT2D eigenvalue weighted by atomic mass is 16.6. The van der Waals surface area contributed by atoms with Crippen LogP contribution in [-0.2, 0) is 0 Å². The van der Waals surface area contributed by atoms with Gasteiger partial charge in [-0.1, -0.05) is 31.6 Å². The molecule has 1 aromatic carbocycles. The molecule has 150 valence electrons. The molecule has 0 saturated carbocycles. The molecule has 1 aliphatic rings. The highest BCUT2D eigenvalue weighted by Gasteiger charge is 2.31. The number of rotatable bonds is 6. The normalized spacial score (nSPS) is 19.8. The summed E-state index contributed by atoms with van der Waals surface area (Å²) in [6, 6.07) is 3.43. The highest BCUT2D eigenvalue weighted by molar-refractivity contribution is 5.98. The molecule has 0 radical (unpaired) electrons. The Morgan fingerprint density at radius 1 is 1.25 bits per heavy atom. The van der Waals surface area contributed by atoms with Gasteiger partial charge in [-0.2, -0.15) is 5.10 Å². The van der Waals surface area contributed by atoms with Crippen LogP contribution in [0.1, 0.15) is 47.5 Å². The number of non-ortho nitro benzene ring substituents is 1. The summed E-state index contributed by atoms with van der Waals surface area (Å²) in [5.74, 6) is 0.306. The van der Waals surface area contributed by atoms with Crippen molar-refractivity contribution in [3.8, 4) is 0 Å². The fraction of sp³-hybridized carbons (Fsp3) is 0.450. The summed E-state index contributed by atoms with van der Waals surface area (Å²) in [6.45, 7) is 10.4. The van der Waals surface area contributed by atoms with Crippen molar-refractivity contribution in [2.24, 2.45) is 16.4 Å². The third-order valence-electron chi connectivity index (χ3n) is 5.31. The third-order valence-corrected chi connectivity index (χ3v) is 5.31. The quantitative estimate of drug-likeness (QED) is 0.295. The van der Waals surface area contributed by atoms with Crippen molar-refractivity contribution in [1.29, 1.82) is 0 Å². The fourth-order valence-electron chi connectivity index (χ4n) is 3.41. The summed E-state index contributed by atoms with van der Waals surface area (Å²) in [5, 5.41) is 26.3. The molecule has 0 spiro atoms. The van der Waals surface area contributed by atoms with Crippen molar-refractivity contribution in [2.75, 3.05) is 5.43 Å². The Kier molecular flexibility index (Phi) is 6.33. The van der Waals surface area contributed by atoms with E-state index in [9.17, 15) is 20.2 Å². The number of anilines is 1. The van der Waals surface area contributed by atoms with Crippen LogP contribution >= 0.6 is 0 Å². The van der Waals surface area contributed by atoms with E-state index in [0.717, 1.165) is 24.5 Å². The number of nitrogens with one attached hydrogen (secondary N) is 1. The van der Waals surface area contributed by atoms with Gasteiger partial charge in [-0.05, 0) is 50.7 Å². The first-order chi connectivity index (χ1) is 13.0. The molecule has 1 unspecified atom stereocenters. The summed E-state index contributed by atoms with van der Waals surface area (Å²) in [5.41, 5.74) is 5.23. The van der Waals surface area contributed by atoms with E-state index >= 15 is 0 Å². The number of nitro benzene ring substituents is 2. The van der Waals surface area contributed by atoms with Crippen LogP contribution < -0.4 is 5.43 Å². The average molecular weight is 386 g/mol. The Hall–Kier alpha value is -3.03. The summed E-state index contributed by atoms with van der Waals surface area (Å²) in [7, 11) is 0. The second kappa shape index (κ2) is 8.33. The Labute approximate surface area is 164 Å². The van der Waals surface area contributed by atoms with Gasteiger partial charge in [0, 0.05) is 12.0 Å². The van der Waals surface area contributed by atoms with E-state index in [-0.39, 0.29) is 22.5 Å². The lowest BCUT2D eigenvalue weighted by atomic mass is 9.68. The molecule has 0 amide bonds. The maximum atomic E-state index is 11.2. The summed E-state index contributed by atoms with van der Waals surface area (Å²) in [6.07, 6.45) is 6.66. The Morgan fingerprint density at radius 2 is 1.93 bits per heavy atom. The first-order valence-electron chi connectivity index (χ1n) is 9.11. The Balaban J connectivity index is 2.26. The molecule has 28 heavy (non-hydrogen) atoms. The van der Waals surface area contributed by atoms with Gasteiger partial charge in [0.2, 0.25) is 0 Å². The molecule has 0 bridgehead atoms. The van der Waals surface area contributed by atoms with Crippen LogP contribution in [0.3, 0.4) is 0 Å². The number of nitrogens with zero attached hydrogens (tertiary/aromatic N) is 3. The molecule has 0 heterocycles. The van der Waals surface area contributed by atoms with Crippen LogP contribution in [0.15, 0.2) is 46.6 Å². The molecule has 0 aliphatic heterocycles. The van der Waals surface area contributed by atoms with E-state index in [2.05, 4.69) is 43.5 Å². The Morgan fingerprint density at radius 3 is 2.50 bits per heavy atom. The van der Waals surface area contributed by atoms with Crippen molar-refractivity contribution in [3.05, 3.63) is 61.7 Å². The number of nitro groups is 2. The van der Waals surface area contributed by atoms with Gasteiger partial charge in [0.1, 0.15) is 5.69 Å². The van der Waals surface area contributed by atoms with Gasteiger partial charge in [0.15, 0.2) is 0 Å². The predicted molar refractivity (Wildman–Crippen MR) is 111 cm³/mol. The van der Waals surface area contributed by atoms with Crippen LogP contribution in [0.25, 0.3) is 0 Å². The van der Waals surface area contributed by atoms with Crippen molar-refractivity contribution < 1.29 is 9.85 Å². The lowest BCUT2D eigenvalue weighted by molar-refractivity contribution is -0.393.